The van der Waals surface area contributed by atoms with Crippen LogP contribution in [0.5, 0.6) is 0 Å². The molecule has 0 aromatic carbocycles. The van der Waals surface area contributed by atoms with Gasteiger partial charge in [0.1, 0.15) is 5.92 Å². The number of aliphatic hydroxyl groups is 1. The summed E-state index contributed by atoms with van der Waals surface area (Å²) in [4.78, 5) is 10.8. The summed E-state index contributed by atoms with van der Waals surface area (Å²) in [5.41, 5.74) is -0.437. The Balaban J connectivity index is 2.64. The quantitative estimate of drug-likeness (QED) is 0.659. The molecule has 0 amide bonds. The molecule has 0 saturated carbocycles. The van der Waals surface area contributed by atoms with Crippen molar-refractivity contribution in [1.29, 1.82) is 0 Å². The third-order valence-corrected chi connectivity index (χ3v) is 2.74. The smallest absolute Gasteiger partial charge is 0.311 e. The van der Waals surface area contributed by atoms with E-state index >= 15 is 0 Å². The molecule has 1 aliphatic heterocycles. The number of hydrogen-bond donors (Lipinski definition) is 2. The van der Waals surface area contributed by atoms with E-state index in [0.717, 1.165) is 6.42 Å². The zero-order valence-electron chi connectivity index (χ0n) is 8.27. The summed E-state index contributed by atoms with van der Waals surface area (Å²) < 4.78 is 5.55. The molecule has 1 fully saturated rings. The highest BCUT2D eigenvalue weighted by Gasteiger charge is 2.40. The van der Waals surface area contributed by atoms with Crippen LogP contribution in [-0.2, 0) is 9.53 Å². The monoisotopic (exact) mass is 200 g/mol. The van der Waals surface area contributed by atoms with Gasteiger partial charge in [0.2, 0.25) is 0 Å². The van der Waals surface area contributed by atoms with Crippen molar-refractivity contribution in [3.05, 3.63) is 12.7 Å². The maximum atomic E-state index is 10.8. The van der Waals surface area contributed by atoms with Crippen LogP contribution < -0.4 is 0 Å². The number of carboxylic acid groups (broad SMARTS) is 1. The van der Waals surface area contributed by atoms with Gasteiger partial charge in [0.25, 0.3) is 0 Å². The molecule has 0 spiro atoms. The predicted molar refractivity (Wildman–Crippen MR) is 50.9 cm³/mol. The Morgan fingerprint density at radius 2 is 2.50 bits per heavy atom. The second-order valence-electron chi connectivity index (χ2n) is 3.84. The summed E-state index contributed by atoms with van der Waals surface area (Å²) >= 11 is 0. The molecule has 0 aromatic rings. The normalized spacial score (nSPS) is 34.0. The molecule has 1 heterocycles. The van der Waals surface area contributed by atoms with Gasteiger partial charge in [-0.3, -0.25) is 4.79 Å². The molecule has 14 heavy (non-hydrogen) atoms. The number of rotatable bonds is 4. The van der Waals surface area contributed by atoms with Crippen LogP contribution in [0.2, 0.25) is 0 Å². The molecule has 0 aromatic heterocycles. The Hall–Kier alpha value is -0.870. The van der Waals surface area contributed by atoms with Crippen LogP contribution >= 0.6 is 0 Å². The molecule has 1 aliphatic rings. The SMILES string of the molecule is C=CC1(C)CCC(C(CO)C(=O)O)O1. The fourth-order valence-electron chi connectivity index (χ4n) is 1.68. The Kier molecular flexibility index (Phi) is 3.29. The zero-order chi connectivity index (χ0) is 10.8. The molecule has 3 atom stereocenters. The van der Waals surface area contributed by atoms with Crippen molar-refractivity contribution in [1.82, 2.24) is 0 Å². The number of carbonyl (C=O) groups is 1. The van der Waals surface area contributed by atoms with Crippen molar-refractivity contribution < 1.29 is 19.7 Å². The first-order valence-corrected chi connectivity index (χ1v) is 4.67. The fourth-order valence-corrected chi connectivity index (χ4v) is 1.68. The predicted octanol–water partition coefficient (Wildman–Crippen LogP) is 0.803. The summed E-state index contributed by atoms with van der Waals surface area (Å²) in [6, 6.07) is 0. The van der Waals surface area contributed by atoms with Crippen LogP contribution in [0.3, 0.4) is 0 Å². The van der Waals surface area contributed by atoms with Gasteiger partial charge in [0.05, 0.1) is 18.3 Å². The van der Waals surface area contributed by atoms with E-state index in [0.29, 0.717) is 6.42 Å². The molecule has 0 radical (unpaired) electrons. The van der Waals surface area contributed by atoms with Gasteiger partial charge in [-0.1, -0.05) is 6.08 Å². The molecule has 4 heteroatoms. The van der Waals surface area contributed by atoms with Crippen molar-refractivity contribution >= 4 is 5.97 Å². The van der Waals surface area contributed by atoms with Crippen molar-refractivity contribution in [2.45, 2.75) is 31.5 Å². The van der Waals surface area contributed by atoms with Crippen LogP contribution in [0.15, 0.2) is 12.7 Å². The highest BCUT2D eigenvalue weighted by atomic mass is 16.5. The number of hydrogen-bond acceptors (Lipinski definition) is 3. The van der Waals surface area contributed by atoms with Crippen LogP contribution in [0.4, 0.5) is 0 Å². The highest BCUT2D eigenvalue weighted by molar-refractivity contribution is 5.70. The highest BCUT2D eigenvalue weighted by Crippen LogP contribution is 2.34. The lowest BCUT2D eigenvalue weighted by Crippen LogP contribution is -2.33. The van der Waals surface area contributed by atoms with Crippen LogP contribution in [-0.4, -0.2) is 34.5 Å². The lowest BCUT2D eigenvalue weighted by atomic mass is 9.98. The Bertz CT molecular complexity index is 238. The van der Waals surface area contributed by atoms with E-state index in [9.17, 15) is 4.79 Å². The largest absolute Gasteiger partial charge is 0.481 e. The lowest BCUT2D eigenvalue weighted by molar-refractivity contribution is -0.150. The summed E-state index contributed by atoms with van der Waals surface area (Å²) in [7, 11) is 0. The Labute approximate surface area is 83.2 Å². The Morgan fingerprint density at radius 1 is 1.86 bits per heavy atom. The second kappa shape index (κ2) is 4.11. The minimum Gasteiger partial charge on any atom is -0.481 e. The molecular formula is C10H16O4. The minimum atomic E-state index is -1.01. The van der Waals surface area contributed by atoms with Gasteiger partial charge in [-0.15, -0.1) is 6.58 Å². The molecule has 4 nitrogen and oxygen atoms in total. The molecule has 1 saturated heterocycles. The van der Waals surface area contributed by atoms with Crippen molar-refractivity contribution in [3.8, 4) is 0 Å². The average Bonchev–Trinajstić information content (AvgIpc) is 2.50. The van der Waals surface area contributed by atoms with Crippen LogP contribution in [0, 0.1) is 5.92 Å². The van der Waals surface area contributed by atoms with Crippen molar-refractivity contribution in [2.24, 2.45) is 5.92 Å². The summed E-state index contributed by atoms with van der Waals surface area (Å²) in [5.74, 6) is -1.83. The van der Waals surface area contributed by atoms with Gasteiger partial charge in [-0.25, -0.2) is 0 Å². The van der Waals surface area contributed by atoms with E-state index in [1.807, 2.05) is 6.92 Å². The van der Waals surface area contributed by atoms with Gasteiger partial charge in [0.15, 0.2) is 0 Å². The standard InChI is InChI=1S/C10H16O4/c1-3-10(2)5-4-8(14-10)7(6-11)9(12)13/h3,7-8,11H,1,4-6H2,2H3,(H,12,13). The number of ether oxygens (including phenoxy) is 1. The van der Waals surface area contributed by atoms with E-state index in [-0.39, 0.29) is 6.61 Å². The number of aliphatic hydroxyl groups excluding tert-OH is 1. The van der Waals surface area contributed by atoms with E-state index < -0.39 is 23.6 Å². The third-order valence-electron chi connectivity index (χ3n) is 2.74. The lowest BCUT2D eigenvalue weighted by Gasteiger charge is -2.23. The Morgan fingerprint density at radius 3 is 2.86 bits per heavy atom. The molecule has 1 rings (SSSR count). The van der Waals surface area contributed by atoms with Gasteiger partial charge in [-0.2, -0.15) is 0 Å². The second-order valence-corrected chi connectivity index (χ2v) is 3.84. The molecule has 2 N–H and O–H groups in total. The molecule has 0 aliphatic carbocycles. The van der Waals surface area contributed by atoms with E-state index in [1.54, 1.807) is 6.08 Å². The molecule has 80 valence electrons. The number of carboxylic acids is 1. The fraction of sp³-hybridized carbons (Fsp3) is 0.700. The minimum absolute atomic E-state index is 0.382. The van der Waals surface area contributed by atoms with E-state index in [1.165, 1.54) is 0 Å². The van der Waals surface area contributed by atoms with Gasteiger partial charge in [0, 0.05) is 0 Å². The van der Waals surface area contributed by atoms with Crippen LogP contribution in [0.1, 0.15) is 19.8 Å². The molecule has 0 bridgehead atoms. The van der Waals surface area contributed by atoms with Gasteiger partial charge >= 0.3 is 5.97 Å². The average molecular weight is 200 g/mol. The third kappa shape index (κ3) is 2.13. The first-order chi connectivity index (χ1) is 6.52. The van der Waals surface area contributed by atoms with Gasteiger partial charge < -0.3 is 14.9 Å². The van der Waals surface area contributed by atoms with Crippen molar-refractivity contribution in [3.63, 3.8) is 0 Å². The molecule has 3 unspecified atom stereocenters. The summed E-state index contributed by atoms with van der Waals surface area (Å²) in [5, 5.41) is 17.7. The van der Waals surface area contributed by atoms with E-state index in [2.05, 4.69) is 6.58 Å². The molecular weight excluding hydrogens is 184 g/mol. The first-order valence-electron chi connectivity index (χ1n) is 4.67. The summed E-state index contributed by atoms with van der Waals surface area (Å²) in [6.07, 6.45) is 2.69. The maximum Gasteiger partial charge on any atom is 0.311 e. The zero-order valence-corrected chi connectivity index (χ0v) is 8.27. The van der Waals surface area contributed by atoms with Crippen LogP contribution in [0.25, 0.3) is 0 Å². The number of aliphatic carboxylic acids is 1. The van der Waals surface area contributed by atoms with Crippen molar-refractivity contribution in [2.75, 3.05) is 6.61 Å². The van der Waals surface area contributed by atoms with E-state index in [4.69, 9.17) is 14.9 Å². The summed E-state index contributed by atoms with van der Waals surface area (Å²) in [6.45, 7) is 5.13. The maximum absolute atomic E-state index is 10.8. The first kappa shape index (κ1) is 11.2. The topological polar surface area (TPSA) is 66.8 Å². The van der Waals surface area contributed by atoms with Gasteiger partial charge in [-0.05, 0) is 19.8 Å².